The van der Waals surface area contributed by atoms with Gasteiger partial charge in [0.1, 0.15) is 0 Å². The van der Waals surface area contributed by atoms with Gasteiger partial charge in [-0.2, -0.15) is 0 Å². The molecular formula is C13H16NSe-. The molecule has 1 heterocycles. The molecule has 15 heavy (non-hydrogen) atoms. The Kier molecular flexibility index (Phi) is 3.50. The Labute approximate surface area is 99.5 Å². The van der Waals surface area contributed by atoms with E-state index in [0.29, 0.717) is 0 Å². The molecular weight excluding hydrogens is 249 g/mol. The molecule has 0 radical (unpaired) electrons. The molecule has 0 aliphatic rings. The topological polar surface area (TPSA) is 4.93 Å². The Morgan fingerprint density at radius 2 is 2.00 bits per heavy atom. The predicted molar refractivity (Wildman–Crippen MR) is 66.3 cm³/mol. The Morgan fingerprint density at radius 1 is 1.20 bits per heavy atom. The number of fused-ring (bicyclic) bond motifs is 1. The van der Waals surface area contributed by atoms with E-state index in [9.17, 15) is 0 Å². The first-order chi connectivity index (χ1) is 7.33. The SMILES string of the molecule is CCCCCc1cc2ccccc2n1[Se-]. The first-order valence-electron chi connectivity index (χ1n) is 5.60. The Hall–Kier alpha value is -0.721. The fraction of sp³-hybridized carbons (Fsp3) is 0.385. The number of benzene rings is 1. The summed E-state index contributed by atoms with van der Waals surface area (Å²) in [5.41, 5.74) is 2.70. The molecule has 80 valence electrons. The van der Waals surface area contributed by atoms with Crippen LogP contribution in [-0.4, -0.2) is 19.8 Å². The molecule has 1 aromatic heterocycles. The van der Waals surface area contributed by atoms with Crippen LogP contribution >= 0.6 is 0 Å². The van der Waals surface area contributed by atoms with Gasteiger partial charge >= 0.3 is 99.3 Å². The second-order valence-electron chi connectivity index (χ2n) is 3.95. The Bertz CT molecular complexity index is 445. The van der Waals surface area contributed by atoms with Crippen molar-refractivity contribution in [1.29, 1.82) is 0 Å². The maximum absolute atomic E-state index is 3.14. The molecule has 0 saturated heterocycles. The molecule has 0 bridgehead atoms. The number of hydrogen-bond donors (Lipinski definition) is 0. The van der Waals surface area contributed by atoms with Crippen LogP contribution < -0.4 is 0 Å². The van der Waals surface area contributed by atoms with Crippen molar-refractivity contribution in [3.05, 3.63) is 36.0 Å². The van der Waals surface area contributed by atoms with Gasteiger partial charge in [0.15, 0.2) is 0 Å². The summed E-state index contributed by atoms with van der Waals surface area (Å²) in [6, 6.07) is 10.8. The molecule has 2 rings (SSSR count). The molecule has 2 aromatic rings. The van der Waals surface area contributed by atoms with Crippen LogP contribution in [0.4, 0.5) is 0 Å². The van der Waals surface area contributed by atoms with E-state index >= 15 is 0 Å². The molecule has 0 fully saturated rings. The van der Waals surface area contributed by atoms with Gasteiger partial charge in [-0.05, 0) is 0 Å². The average Bonchev–Trinajstić information content (AvgIpc) is 2.57. The van der Waals surface area contributed by atoms with Crippen molar-refractivity contribution in [2.24, 2.45) is 0 Å². The van der Waals surface area contributed by atoms with Crippen LogP contribution in [0, 0.1) is 0 Å². The summed E-state index contributed by atoms with van der Waals surface area (Å²) < 4.78 is 2.20. The van der Waals surface area contributed by atoms with Crippen molar-refractivity contribution in [1.82, 2.24) is 3.58 Å². The van der Waals surface area contributed by atoms with Gasteiger partial charge in [0.25, 0.3) is 0 Å². The fourth-order valence-corrected chi connectivity index (χ4v) is 2.57. The average molecular weight is 265 g/mol. The minimum absolute atomic E-state index is 1.18. The number of para-hydroxylation sites is 1. The van der Waals surface area contributed by atoms with Crippen LogP contribution in [0.25, 0.3) is 10.9 Å². The van der Waals surface area contributed by atoms with E-state index in [1.54, 1.807) is 0 Å². The standard InChI is InChI=1S/C13H16NSe/c1-2-3-4-8-12-10-11-7-5-6-9-13(11)14(12)15/h5-7,9-10H,2-4,8H2,1H3/q-1. The third-order valence-corrected chi connectivity index (χ3v) is 3.68. The minimum atomic E-state index is 1.18. The molecule has 0 aliphatic carbocycles. The molecule has 0 unspecified atom stereocenters. The summed E-state index contributed by atoms with van der Waals surface area (Å²) in [5.74, 6) is 0. The van der Waals surface area contributed by atoms with E-state index in [0.717, 1.165) is 0 Å². The van der Waals surface area contributed by atoms with Crippen molar-refractivity contribution < 1.29 is 0 Å². The third kappa shape index (κ3) is 2.27. The van der Waals surface area contributed by atoms with Crippen LogP contribution in [0.1, 0.15) is 31.9 Å². The first-order valence-corrected chi connectivity index (χ1v) is 6.36. The maximum atomic E-state index is 3.14. The summed E-state index contributed by atoms with van der Waals surface area (Å²) >= 11 is 3.14. The molecule has 0 amide bonds. The van der Waals surface area contributed by atoms with E-state index in [1.807, 2.05) is 0 Å². The van der Waals surface area contributed by atoms with Crippen LogP contribution in [-0.2, 0) is 6.42 Å². The third-order valence-electron chi connectivity index (χ3n) is 2.78. The van der Waals surface area contributed by atoms with Gasteiger partial charge in [0, 0.05) is 0 Å². The second-order valence-corrected chi connectivity index (χ2v) is 4.71. The van der Waals surface area contributed by atoms with E-state index in [-0.39, 0.29) is 0 Å². The second kappa shape index (κ2) is 4.87. The van der Waals surface area contributed by atoms with E-state index in [4.69, 9.17) is 0 Å². The van der Waals surface area contributed by atoms with Crippen molar-refractivity contribution in [3.8, 4) is 0 Å². The molecule has 0 N–H and O–H groups in total. The quantitative estimate of drug-likeness (QED) is 0.590. The summed E-state index contributed by atoms with van der Waals surface area (Å²) in [6.45, 7) is 2.24. The van der Waals surface area contributed by atoms with E-state index in [1.165, 1.54) is 42.3 Å². The normalized spacial score (nSPS) is 11.0. The van der Waals surface area contributed by atoms with Crippen LogP contribution in [0.5, 0.6) is 0 Å². The zero-order chi connectivity index (χ0) is 10.7. The molecule has 1 aromatic carbocycles. The number of rotatable bonds is 4. The fourth-order valence-electron chi connectivity index (χ4n) is 1.92. The number of nitrogens with zero attached hydrogens (tertiary/aromatic N) is 1. The molecule has 2 heteroatoms. The number of unbranched alkanes of at least 4 members (excludes halogenated alkanes) is 2. The number of aromatic nitrogens is 1. The summed E-state index contributed by atoms with van der Waals surface area (Å²) in [6.07, 6.45) is 5.07. The molecule has 0 atom stereocenters. The monoisotopic (exact) mass is 266 g/mol. The van der Waals surface area contributed by atoms with Crippen LogP contribution in [0.3, 0.4) is 0 Å². The van der Waals surface area contributed by atoms with Gasteiger partial charge in [-0.1, -0.05) is 0 Å². The zero-order valence-electron chi connectivity index (χ0n) is 9.07. The summed E-state index contributed by atoms with van der Waals surface area (Å²) in [5, 5.41) is 1.34. The molecule has 0 spiro atoms. The van der Waals surface area contributed by atoms with Gasteiger partial charge in [0.2, 0.25) is 0 Å². The number of aryl methyl sites for hydroxylation is 1. The summed E-state index contributed by atoms with van der Waals surface area (Å²) in [7, 11) is 0. The molecule has 1 nitrogen and oxygen atoms in total. The zero-order valence-corrected chi connectivity index (χ0v) is 10.8. The van der Waals surface area contributed by atoms with Crippen molar-refractivity contribution in [2.75, 3.05) is 0 Å². The van der Waals surface area contributed by atoms with Crippen LogP contribution in [0.2, 0.25) is 0 Å². The van der Waals surface area contributed by atoms with Crippen molar-refractivity contribution >= 4 is 27.1 Å². The van der Waals surface area contributed by atoms with E-state index in [2.05, 4.69) is 57.1 Å². The van der Waals surface area contributed by atoms with Gasteiger partial charge in [-0.3, -0.25) is 0 Å². The Morgan fingerprint density at radius 3 is 2.73 bits per heavy atom. The van der Waals surface area contributed by atoms with Crippen LogP contribution in [0.15, 0.2) is 30.3 Å². The van der Waals surface area contributed by atoms with Crippen molar-refractivity contribution in [3.63, 3.8) is 0 Å². The van der Waals surface area contributed by atoms with Crippen molar-refractivity contribution in [2.45, 2.75) is 32.6 Å². The van der Waals surface area contributed by atoms with Gasteiger partial charge in [-0.25, -0.2) is 0 Å². The molecule has 0 saturated carbocycles. The van der Waals surface area contributed by atoms with Gasteiger partial charge in [-0.15, -0.1) is 0 Å². The van der Waals surface area contributed by atoms with E-state index < -0.39 is 0 Å². The Balaban J connectivity index is 2.24. The van der Waals surface area contributed by atoms with Gasteiger partial charge < -0.3 is 0 Å². The van der Waals surface area contributed by atoms with Gasteiger partial charge in [0.05, 0.1) is 0 Å². The molecule has 0 aliphatic heterocycles. The first kappa shape index (κ1) is 10.8. The summed E-state index contributed by atoms with van der Waals surface area (Å²) in [4.78, 5) is 0. The predicted octanol–water partition coefficient (Wildman–Crippen LogP) is 3.31. The number of hydrogen-bond acceptors (Lipinski definition) is 0.